The summed E-state index contributed by atoms with van der Waals surface area (Å²) in [6.07, 6.45) is 11.9. The monoisotopic (exact) mass is 191 g/mol. The fourth-order valence-corrected chi connectivity index (χ4v) is 1.27. The lowest BCUT2D eigenvalue weighted by molar-refractivity contribution is 0.545. The zero-order valence-electron chi connectivity index (χ0n) is 9.29. The van der Waals surface area contributed by atoms with Crippen LogP contribution in [-0.4, -0.2) is 13.1 Å². The smallest absolute Gasteiger partial charge is 0.0102 e. The van der Waals surface area contributed by atoms with Gasteiger partial charge in [-0.05, 0) is 25.5 Å². The lowest BCUT2D eigenvalue weighted by Crippen LogP contribution is -2.24. The van der Waals surface area contributed by atoms with Gasteiger partial charge in [0.15, 0.2) is 0 Å². The second-order valence-corrected chi connectivity index (χ2v) is 3.17. The molecule has 0 aromatic heterocycles. The summed E-state index contributed by atoms with van der Waals surface area (Å²) < 4.78 is 0. The molecule has 0 radical (unpaired) electrons. The van der Waals surface area contributed by atoms with Crippen molar-refractivity contribution < 1.29 is 0 Å². The van der Waals surface area contributed by atoms with Crippen LogP contribution in [0.1, 0.15) is 19.8 Å². The molecule has 1 unspecified atom stereocenters. The maximum atomic E-state index is 3.71. The van der Waals surface area contributed by atoms with Crippen molar-refractivity contribution in [2.75, 3.05) is 7.05 Å². The molecule has 0 saturated carbocycles. The van der Waals surface area contributed by atoms with Crippen LogP contribution in [0.25, 0.3) is 0 Å². The van der Waals surface area contributed by atoms with E-state index in [1.807, 2.05) is 25.3 Å². The van der Waals surface area contributed by atoms with Crippen molar-refractivity contribution in [1.29, 1.82) is 0 Å². The Labute approximate surface area is 87.9 Å². The van der Waals surface area contributed by atoms with E-state index in [-0.39, 0.29) is 0 Å². The van der Waals surface area contributed by atoms with Crippen molar-refractivity contribution in [3.8, 4) is 0 Å². The van der Waals surface area contributed by atoms with E-state index in [0.29, 0.717) is 6.04 Å². The Hall–Kier alpha value is -1.08. The molecule has 14 heavy (non-hydrogen) atoms. The van der Waals surface area contributed by atoms with Gasteiger partial charge < -0.3 is 5.32 Å². The molecule has 0 aliphatic rings. The molecule has 0 saturated heterocycles. The van der Waals surface area contributed by atoms with Gasteiger partial charge in [0.1, 0.15) is 0 Å². The zero-order valence-corrected chi connectivity index (χ0v) is 9.29. The molecule has 0 heterocycles. The van der Waals surface area contributed by atoms with Crippen LogP contribution in [0.3, 0.4) is 0 Å². The maximum Gasteiger partial charge on any atom is 0.0102 e. The van der Waals surface area contributed by atoms with E-state index in [1.165, 1.54) is 5.57 Å². The van der Waals surface area contributed by atoms with Crippen LogP contribution in [0, 0.1) is 0 Å². The van der Waals surface area contributed by atoms with Gasteiger partial charge in [0.05, 0.1) is 0 Å². The molecule has 0 rings (SSSR count). The Bertz CT molecular complexity index is 219. The molecule has 1 heteroatoms. The molecule has 1 nitrogen and oxygen atoms in total. The predicted octanol–water partition coefficient (Wildman–Crippen LogP) is 3.23. The Balaban J connectivity index is 4.35. The molecular weight excluding hydrogens is 170 g/mol. The molecule has 0 amide bonds. The van der Waals surface area contributed by atoms with Crippen LogP contribution in [0.4, 0.5) is 0 Å². The Morgan fingerprint density at radius 2 is 2.07 bits per heavy atom. The number of rotatable bonds is 7. The Kier molecular flexibility index (Phi) is 7.86. The normalized spacial score (nSPS) is 14.3. The molecule has 0 spiro atoms. The van der Waals surface area contributed by atoms with Gasteiger partial charge in [-0.15, -0.1) is 0 Å². The Morgan fingerprint density at radius 1 is 1.36 bits per heavy atom. The second-order valence-electron chi connectivity index (χ2n) is 3.17. The molecule has 0 fully saturated rings. The number of allylic oxidation sites excluding steroid dienone is 5. The van der Waals surface area contributed by atoms with Gasteiger partial charge in [-0.3, -0.25) is 0 Å². The van der Waals surface area contributed by atoms with Crippen molar-refractivity contribution in [2.24, 2.45) is 0 Å². The van der Waals surface area contributed by atoms with Crippen molar-refractivity contribution in [2.45, 2.75) is 25.8 Å². The van der Waals surface area contributed by atoms with Gasteiger partial charge in [-0.2, -0.15) is 0 Å². The second kappa shape index (κ2) is 8.52. The quantitative estimate of drug-likeness (QED) is 0.609. The summed E-state index contributed by atoms with van der Waals surface area (Å²) in [4.78, 5) is 0. The third kappa shape index (κ3) is 5.55. The highest BCUT2D eigenvalue weighted by Gasteiger charge is 2.03. The standard InChI is InChI=1S/C13H21N/c1-5-8-10-12(9-6-2)11-13(7-3)14-4/h5-6,8-10,13-14H,1-2,7,11H2,3-4H3/b10-8-,12-9+. The summed E-state index contributed by atoms with van der Waals surface area (Å²) in [6, 6.07) is 0.538. The minimum Gasteiger partial charge on any atom is -0.317 e. The van der Waals surface area contributed by atoms with Gasteiger partial charge in [0, 0.05) is 6.04 Å². The fraction of sp³-hybridized carbons (Fsp3) is 0.385. The number of hydrogen-bond acceptors (Lipinski definition) is 1. The van der Waals surface area contributed by atoms with E-state index in [4.69, 9.17) is 0 Å². The molecular formula is C13H21N. The van der Waals surface area contributed by atoms with Crippen LogP contribution in [0.2, 0.25) is 0 Å². The van der Waals surface area contributed by atoms with Gasteiger partial charge in [-0.1, -0.05) is 50.5 Å². The highest BCUT2D eigenvalue weighted by atomic mass is 14.9. The van der Waals surface area contributed by atoms with Gasteiger partial charge in [0.2, 0.25) is 0 Å². The molecule has 1 atom stereocenters. The van der Waals surface area contributed by atoms with E-state index in [1.54, 1.807) is 6.08 Å². The van der Waals surface area contributed by atoms with Crippen molar-refractivity contribution in [3.63, 3.8) is 0 Å². The van der Waals surface area contributed by atoms with Crippen LogP contribution in [-0.2, 0) is 0 Å². The van der Waals surface area contributed by atoms with Crippen LogP contribution in [0.5, 0.6) is 0 Å². The predicted molar refractivity (Wildman–Crippen MR) is 65.4 cm³/mol. The molecule has 0 aliphatic carbocycles. The summed E-state index contributed by atoms with van der Waals surface area (Å²) in [5.41, 5.74) is 1.28. The third-order valence-electron chi connectivity index (χ3n) is 2.16. The highest BCUT2D eigenvalue weighted by molar-refractivity contribution is 5.25. The Morgan fingerprint density at radius 3 is 2.50 bits per heavy atom. The molecule has 0 bridgehead atoms. The zero-order chi connectivity index (χ0) is 10.8. The highest BCUT2D eigenvalue weighted by Crippen LogP contribution is 2.10. The average molecular weight is 191 g/mol. The number of nitrogens with one attached hydrogen (secondary N) is 1. The van der Waals surface area contributed by atoms with Crippen LogP contribution >= 0.6 is 0 Å². The van der Waals surface area contributed by atoms with E-state index in [2.05, 4.69) is 31.5 Å². The lowest BCUT2D eigenvalue weighted by atomic mass is 10.0. The summed E-state index contributed by atoms with van der Waals surface area (Å²) >= 11 is 0. The van der Waals surface area contributed by atoms with Crippen LogP contribution in [0.15, 0.2) is 49.1 Å². The van der Waals surface area contributed by atoms with E-state index in [9.17, 15) is 0 Å². The fourth-order valence-electron chi connectivity index (χ4n) is 1.27. The van der Waals surface area contributed by atoms with Crippen molar-refractivity contribution >= 4 is 0 Å². The first-order valence-electron chi connectivity index (χ1n) is 5.06. The molecule has 1 N–H and O–H groups in total. The molecule has 0 aromatic carbocycles. The number of hydrogen-bond donors (Lipinski definition) is 1. The third-order valence-corrected chi connectivity index (χ3v) is 2.16. The van der Waals surface area contributed by atoms with E-state index in [0.717, 1.165) is 12.8 Å². The summed E-state index contributed by atoms with van der Waals surface area (Å²) in [7, 11) is 2.00. The van der Waals surface area contributed by atoms with Crippen LogP contribution < -0.4 is 5.32 Å². The van der Waals surface area contributed by atoms with Crippen molar-refractivity contribution in [3.05, 3.63) is 49.1 Å². The first-order chi connectivity index (χ1) is 6.78. The molecule has 0 aliphatic heterocycles. The van der Waals surface area contributed by atoms with E-state index >= 15 is 0 Å². The summed E-state index contributed by atoms with van der Waals surface area (Å²) in [6.45, 7) is 9.55. The first-order valence-corrected chi connectivity index (χ1v) is 5.06. The summed E-state index contributed by atoms with van der Waals surface area (Å²) in [5, 5.41) is 3.28. The SMILES string of the molecule is C=C/C=C\C(=C/C=C)CC(CC)NC. The minimum absolute atomic E-state index is 0.538. The van der Waals surface area contributed by atoms with Gasteiger partial charge in [0.25, 0.3) is 0 Å². The van der Waals surface area contributed by atoms with Crippen molar-refractivity contribution in [1.82, 2.24) is 5.32 Å². The largest absolute Gasteiger partial charge is 0.317 e. The minimum atomic E-state index is 0.538. The molecule has 0 aromatic rings. The van der Waals surface area contributed by atoms with Gasteiger partial charge in [-0.25, -0.2) is 0 Å². The van der Waals surface area contributed by atoms with Gasteiger partial charge >= 0.3 is 0 Å². The maximum absolute atomic E-state index is 3.71. The summed E-state index contributed by atoms with van der Waals surface area (Å²) in [5.74, 6) is 0. The molecule has 78 valence electrons. The average Bonchev–Trinajstić information content (AvgIpc) is 2.22. The first kappa shape index (κ1) is 12.9. The van der Waals surface area contributed by atoms with E-state index < -0.39 is 0 Å². The topological polar surface area (TPSA) is 12.0 Å². The lowest BCUT2D eigenvalue weighted by Gasteiger charge is -2.13.